The molecule has 0 saturated carbocycles. The van der Waals surface area contributed by atoms with Crippen molar-refractivity contribution in [2.75, 3.05) is 19.6 Å². The van der Waals surface area contributed by atoms with Crippen molar-refractivity contribution in [3.05, 3.63) is 0 Å². The van der Waals surface area contributed by atoms with Gasteiger partial charge in [-0.2, -0.15) is 0 Å². The van der Waals surface area contributed by atoms with Crippen LogP contribution in [0.25, 0.3) is 0 Å². The Morgan fingerprint density at radius 1 is 1.42 bits per heavy atom. The summed E-state index contributed by atoms with van der Waals surface area (Å²) in [6.07, 6.45) is 3.50. The molecule has 0 aromatic carbocycles. The van der Waals surface area contributed by atoms with Crippen LogP contribution in [-0.2, 0) is 4.74 Å². The molecule has 0 radical (unpaired) electrons. The largest absolute Gasteiger partial charge is 0.372 e. The van der Waals surface area contributed by atoms with Crippen molar-refractivity contribution in [3.63, 3.8) is 0 Å². The van der Waals surface area contributed by atoms with E-state index in [4.69, 9.17) is 10.5 Å². The molecule has 2 saturated heterocycles. The predicted molar refractivity (Wildman–Crippen MR) is 48.0 cm³/mol. The van der Waals surface area contributed by atoms with Crippen LogP contribution >= 0.6 is 0 Å². The van der Waals surface area contributed by atoms with E-state index in [-0.39, 0.29) is 0 Å². The smallest absolute Gasteiger partial charge is 0.0707 e. The molecule has 0 aliphatic carbocycles. The number of morpholine rings is 1. The van der Waals surface area contributed by atoms with Gasteiger partial charge in [-0.3, -0.25) is 4.90 Å². The second-order valence-electron chi connectivity index (χ2n) is 4.15. The molecular weight excluding hydrogens is 152 g/mol. The van der Waals surface area contributed by atoms with Crippen LogP contribution in [0.15, 0.2) is 0 Å². The van der Waals surface area contributed by atoms with Crippen LogP contribution < -0.4 is 5.73 Å². The zero-order valence-electron chi connectivity index (χ0n) is 7.70. The molecule has 2 heterocycles. The normalized spacial score (nSPS) is 38.5. The zero-order valence-corrected chi connectivity index (χ0v) is 7.70. The number of nitrogens with two attached hydrogens (primary N) is 1. The molecule has 3 nitrogen and oxygen atoms in total. The van der Waals surface area contributed by atoms with Crippen LogP contribution in [0.2, 0.25) is 0 Å². The minimum Gasteiger partial charge on any atom is -0.372 e. The van der Waals surface area contributed by atoms with Crippen LogP contribution in [0.5, 0.6) is 0 Å². The molecular formula is C9H18N2O. The minimum absolute atomic E-state index is 0.294. The lowest BCUT2D eigenvalue weighted by Crippen LogP contribution is -2.46. The Morgan fingerprint density at radius 2 is 2.00 bits per heavy atom. The van der Waals surface area contributed by atoms with Gasteiger partial charge < -0.3 is 10.5 Å². The molecule has 2 bridgehead atoms. The first-order valence-electron chi connectivity index (χ1n) is 4.87. The average Bonchev–Trinajstić information content (AvgIpc) is 2.29. The van der Waals surface area contributed by atoms with E-state index >= 15 is 0 Å². The Labute approximate surface area is 73.9 Å². The molecule has 0 aromatic rings. The molecule has 0 aromatic heterocycles. The highest BCUT2D eigenvalue weighted by atomic mass is 16.5. The number of rotatable bonds is 2. The molecule has 2 fully saturated rings. The minimum atomic E-state index is 0.294. The number of fused-ring (bicyclic) bond motifs is 2. The molecule has 2 rings (SSSR count). The molecule has 12 heavy (non-hydrogen) atoms. The molecule has 70 valence electrons. The lowest BCUT2D eigenvalue weighted by molar-refractivity contribution is -0.0392. The maximum atomic E-state index is 5.75. The Morgan fingerprint density at radius 3 is 2.50 bits per heavy atom. The van der Waals surface area contributed by atoms with E-state index in [9.17, 15) is 0 Å². The topological polar surface area (TPSA) is 38.5 Å². The lowest BCUT2D eigenvalue weighted by atomic mass is 10.2. The summed E-state index contributed by atoms with van der Waals surface area (Å²) >= 11 is 0. The Balaban J connectivity index is 1.85. The fourth-order valence-electron chi connectivity index (χ4n) is 2.26. The van der Waals surface area contributed by atoms with Gasteiger partial charge in [0.25, 0.3) is 0 Å². The average molecular weight is 170 g/mol. The van der Waals surface area contributed by atoms with Crippen LogP contribution in [-0.4, -0.2) is 42.8 Å². The van der Waals surface area contributed by atoms with Crippen molar-refractivity contribution in [1.82, 2.24) is 4.90 Å². The molecule has 3 atom stereocenters. The van der Waals surface area contributed by atoms with Gasteiger partial charge >= 0.3 is 0 Å². The van der Waals surface area contributed by atoms with Crippen molar-refractivity contribution in [2.45, 2.75) is 38.0 Å². The van der Waals surface area contributed by atoms with Gasteiger partial charge in [0.2, 0.25) is 0 Å². The van der Waals surface area contributed by atoms with Crippen LogP contribution in [0.3, 0.4) is 0 Å². The number of likely N-dealkylation sites (tertiary alicyclic amines) is 1. The van der Waals surface area contributed by atoms with Crippen molar-refractivity contribution in [3.8, 4) is 0 Å². The zero-order chi connectivity index (χ0) is 8.55. The molecule has 2 aliphatic rings. The Kier molecular flexibility index (Phi) is 2.35. The molecule has 2 aliphatic heterocycles. The highest BCUT2D eigenvalue weighted by Gasteiger charge is 2.33. The van der Waals surface area contributed by atoms with E-state index in [0.717, 1.165) is 19.6 Å². The fraction of sp³-hybridized carbons (Fsp3) is 1.00. The number of hydrogen-bond donors (Lipinski definition) is 1. The van der Waals surface area contributed by atoms with Crippen LogP contribution in [0, 0.1) is 0 Å². The summed E-state index contributed by atoms with van der Waals surface area (Å²) in [6.45, 7) is 5.28. The maximum Gasteiger partial charge on any atom is 0.0707 e. The van der Waals surface area contributed by atoms with Crippen molar-refractivity contribution < 1.29 is 4.74 Å². The molecule has 0 spiro atoms. The molecule has 2 N–H and O–H groups in total. The van der Waals surface area contributed by atoms with Gasteiger partial charge in [-0.15, -0.1) is 0 Å². The van der Waals surface area contributed by atoms with Gasteiger partial charge in [0, 0.05) is 25.7 Å². The summed E-state index contributed by atoms with van der Waals surface area (Å²) in [5.74, 6) is 0. The summed E-state index contributed by atoms with van der Waals surface area (Å²) in [5.41, 5.74) is 5.75. The second kappa shape index (κ2) is 3.32. The van der Waals surface area contributed by atoms with E-state index in [2.05, 4.69) is 11.8 Å². The van der Waals surface area contributed by atoms with Gasteiger partial charge in [0.15, 0.2) is 0 Å². The SMILES string of the molecule is C[C@@H](N)CN1CC2CCC(C1)O2. The van der Waals surface area contributed by atoms with E-state index in [1.165, 1.54) is 12.8 Å². The standard InChI is InChI=1S/C9H18N2O/c1-7(10)4-11-5-8-2-3-9(6-11)12-8/h7-9H,2-6,10H2,1H3/t7-,8?,9?/m1/s1. The van der Waals surface area contributed by atoms with Crippen molar-refractivity contribution >= 4 is 0 Å². The quantitative estimate of drug-likeness (QED) is 0.643. The summed E-state index contributed by atoms with van der Waals surface area (Å²) in [6, 6.07) is 0.294. The molecule has 2 unspecified atom stereocenters. The maximum absolute atomic E-state index is 5.75. The number of ether oxygens (including phenoxy) is 1. The third kappa shape index (κ3) is 1.79. The fourth-order valence-corrected chi connectivity index (χ4v) is 2.26. The van der Waals surface area contributed by atoms with Crippen LogP contribution in [0.4, 0.5) is 0 Å². The van der Waals surface area contributed by atoms with Gasteiger partial charge in [-0.05, 0) is 19.8 Å². The van der Waals surface area contributed by atoms with E-state index in [1.807, 2.05) is 0 Å². The Bertz CT molecular complexity index is 149. The lowest BCUT2D eigenvalue weighted by Gasteiger charge is -2.32. The first-order valence-corrected chi connectivity index (χ1v) is 4.87. The van der Waals surface area contributed by atoms with E-state index in [0.29, 0.717) is 18.2 Å². The first-order chi connectivity index (χ1) is 5.74. The Hall–Kier alpha value is -0.120. The van der Waals surface area contributed by atoms with Gasteiger partial charge in [0.05, 0.1) is 12.2 Å². The second-order valence-corrected chi connectivity index (χ2v) is 4.15. The van der Waals surface area contributed by atoms with E-state index < -0.39 is 0 Å². The number of hydrogen-bond acceptors (Lipinski definition) is 3. The molecule has 0 amide bonds. The highest BCUT2D eigenvalue weighted by molar-refractivity contribution is 4.85. The monoisotopic (exact) mass is 170 g/mol. The van der Waals surface area contributed by atoms with E-state index in [1.54, 1.807) is 0 Å². The summed E-state index contributed by atoms with van der Waals surface area (Å²) in [4.78, 5) is 2.44. The summed E-state index contributed by atoms with van der Waals surface area (Å²) in [7, 11) is 0. The van der Waals surface area contributed by atoms with Gasteiger partial charge in [-0.1, -0.05) is 0 Å². The van der Waals surface area contributed by atoms with Gasteiger partial charge in [0.1, 0.15) is 0 Å². The van der Waals surface area contributed by atoms with Crippen molar-refractivity contribution in [1.29, 1.82) is 0 Å². The van der Waals surface area contributed by atoms with Crippen LogP contribution in [0.1, 0.15) is 19.8 Å². The number of nitrogens with zero attached hydrogens (tertiary/aromatic N) is 1. The summed E-state index contributed by atoms with van der Waals surface area (Å²) < 4.78 is 5.73. The van der Waals surface area contributed by atoms with Crippen molar-refractivity contribution in [2.24, 2.45) is 5.73 Å². The van der Waals surface area contributed by atoms with Gasteiger partial charge in [-0.25, -0.2) is 0 Å². The summed E-state index contributed by atoms with van der Waals surface area (Å²) in [5, 5.41) is 0. The predicted octanol–water partition coefficient (Wildman–Crippen LogP) is 0.197. The molecule has 3 heteroatoms. The third-order valence-corrected chi connectivity index (χ3v) is 2.67. The highest BCUT2D eigenvalue weighted by Crippen LogP contribution is 2.25. The first kappa shape index (κ1) is 8.48. The third-order valence-electron chi connectivity index (χ3n) is 2.67.